The molecule has 13 nitrogen and oxygen atoms in total. The lowest BCUT2D eigenvalue weighted by Crippen LogP contribution is -2.63. The van der Waals surface area contributed by atoms with Crippen LogP contribution in [0.15, 0.2) is 41.3 Å². The number of anilines is 1. The molecule has 3 heterocycles. The van der Waals surface area contributed by atoms with Gasteiger partial charge in [0.1, 0.15) is 11.9 Å². The van der Waals surface area contributed by atoms with Crippen LogP contribution in [0, 0.1) is 0 Å². The normalized spacial score (nSPS) is 18.4. The lowest BCUT2D eigenvalue weighted by molar-refractivity contribution is -0.150. The van der Waals surface area contributed by atoms with Gasteiger partial charge >= 0.3 is 17.7 Å². The van der Waals surface area contributed by atoms with Crippen LogP contribution in [0.2, 0.25) is 0 Å². The van der Waals surface area contributed by atoms with E-state index in [4.69, 9.17) is 16.2 Å². The molecule has 4 rings (SSSR count). The van der Waals surface area contributed by atoms with Crippen LogP contribution in [-0.4, -0.2) is 99.6 Å². The van der Waals surface area contributed by atoms with Gasteiger partial charge in [-0.25, -0.2) is 14.4 Å². The Balaban J connectivity index is 0.00000462. The van der Waals surface area contributed by atoms with E-state index in [2.05, 4.69) is 15.2 Å². The standard InChI is InChI=1S/C27H38N8O5.ClH/c1-27(2,29)24(37)33-14-15-35(21(17-33)23(36)40-3)26(39)31-22-10-13-34(25(38)30-22)20-6-4-18(5-7-20)16-32-11-8-19(28)9-12-32;/h4-7,10,13,19,21H,8-9,11-12,14-17,28-29H2,1-3H3,(H,30,31,38,39);1H/t21-;/m0./s1. The van der Waals surface area contributed by atoms with E-state index >= 15 is 0 Å². The maximum atomic E-state index is 13.1. The zero-order chi connectivity index (χ0) is 29.0. The summed E-state index contributed by atoms with van der Waals surface area (Å²) >= 11 is 0. The molecule has 1 aromatic carbocycles. The Labute approximate surface area is 245 Å². The van der Waals surface area contributed by atoms with Gasteiger partial charge in [-0.3, -0.25) is 19.6 Å². The second-order valence-corrected chi connectivity index (χ2v) is 10.9. The van der Waals surface area contributed by atoms with Crippen LogP contribution in [0.25, 0.3) is 5.69 Å². The number of carbonyl (C=O) groups is 3. The molecule has 3 amide bonds. The van der Waals surface area contributed by atoms with Crippen molar-refractivity contribution in [3.8, 4) is 5.69 Å². The molecule has 0 aliphatic carbocycles. The van der Waals surface area contributed by atoms with Gasteiger partial charge < -0.3 is 26.0 Å². The minimum absolute atomic E-state index is 0. The molecule has 2 fully saturated rings. The van der Waals surface area contributed by atoms with Gasteiger partial charge in [0.05, 0.1) is 24.9 Å². The Bertz CT molecular complexity index is 1290. The number of methoxy groups -OCH3 is 1. The number of piperidine rings is 1. The van der Waals surface area contributed by atoms with Crippen molar-refractivity contribution in [2.24, 2.45) is 11.5 Å². The van der Waals surface area contributed by atoms with E-state index in [0.717, 1.165) is 38.0 Å². The summed E-state index contributed by atoms with van der Waals surface area (Å²) in [6.07, 6.45) is 3.52. The maximum absolute atomic E-state index is 13.1. The molecule has 0 radical (unpaired) electrons. The average Bonchev–Trinajstić information content (AvgIpc) is 2.93. The number of esters is 1. The smallest absolute Gasteiger partial charge is 0.354 e. The number of aromatic nitrogens is 2. The second kappa shape index (κ2) is 13.4. The summed E-state index contributed by atoms with van der Waals surface area (Å²) in [4.78, 5) is 60.0. The number of hydrogen-bond acceptors (Lipinski definition) is 9. The van der Waals surface area contributed by atoms with Crippen molar-refractivity contribution in [3.63, 3.8) is 0 Å². The third kappa shape index (κ3) is 7.82. The molecule has 0 saturated carbocycles. The largest absolute Gasteiger partial charge is 0.467 e. The van der Waals surface area contributed by atoms with Crippen molar-refractivity contribution in [2.75, 3.05) is 45.2 Å². The zero-order valence-corrected chi connectivity index (χ0v) is 24.4. The number of likely N-dealkylation sites (tertiary alicyclic amines) is 1. The van der Waals surface area contributed by atoms with Crippen LogP contribution >= 0.6 is 12.4 Å². The first kappa shape index (κ1) is 32.0. The van der Waals surface area contributed by atoms with Gasteiger partial charge in [0, 0.05) is 31.9 Å². The van der Waals surface area contributed by atoms with Crippen molar-refractivity contribution in [1.29, 1.82) is 0 Å². The Kier molecular flexibility index (Phi) is 10.5. The topological polar surface area (TPSA) is 169 Å². The number of benzene rings is 1. The van der Waals surface area contributed by atoms with Gasteiger partial charge in [-0.2, -0.15) is 4.98 Å². The van der Waals surface area contributed by atoms with Gasteiger partial charge in [0.15, 0.2) is 0 Å². The first-order valence-electron chi connectivity index (χ1n) is 13.4. The molecule has 2 aliphatic rings. The van der Waals surface area contributed by atoms with E-state index in [9.17, 15) is 19.2 Å². The summed E-state index contributed by atoms with van der Waals surface area (Å²) < 4.78 is 6.25. The predicted octanol–water partition coefficient (Wildman–Crippen LogP) is 0.532. The average molecular weight is 591 g/mol. The molecule has 1 aromatic heterocycles. The highest BCUT2D eigenvalue weighted by Gasteiger charge is 2.40. The molecule has 2 aliphatic heterocycles. The summed E-state index contributed by atoms with van der Waals surface area (Å²) in [5, 5.41) is 2.58. The van der Waals surface area contributed by atoms with E-state index in [-0.39, 0.29) is 49.8 Å². The molecular weight excluding hydrogens is 552 g/mol. The van der Waals surface area contributed by atoms with Crippen molar-refractivity contribution in [2.45, 2.75) is 50.9 Å². The summed E-state index contributed by atoms with van der Waals surface area (Å²) in [5.74, 6) is -0.967. The number of halogens is 1. The first-order chi connectivity index (χ1) is 19.0. The van der Waals surface area contributed by atoms with Gasteiger partial charge in [-0.1, -0.05) is 12.1 Å². The van der Waals surface area contributed by atoms with Gasteiger partial charge in [-0.05, 0) is 63.5 Å². The molecule has 0 unspecified atom stereocenters. The minimum Gasteiger partial charge on any atom is -0.467 e. The highest BCUT2D eigenvalue weighted by atomic mass is 35.5. The summed E-state index contributed by atoms with van der Waals surface area (Å²) in [6.45, 7) is 6.13. The van der Waals surface area contributed by atoms with E-state index in [1.165, 1.54) is 33.7 Å². The Hall–Kier alpha value is -3.52. The lowest BCUT2D eigenvalue weighted by atomic mass is 10.0. The fourth-order valence-electron chi connectivity index (χ4n) is 4.94. The van der Waals surface area contributed by atoms with Crippen LogP contribution < -0.4 is 22.5 Å². The van der Waals surface area contributed by atoms with Gasteiger partial charge in [-0.15, -0.1) is 12.4 Å². The Morgan fingerprint density at radius 1 is 1.07 bits per heavy atom. The number of piperazine rings is 1. The van der Waals surface area contributed by atoms with E-state index in [1.807, 2.05) is 24.3 Å². The lowest BCUT2D eigenvalue weighted by Gasteiger charge is -2.41. The molecule has 14 heteroatoms. The number of nitrogens with zero attached hydrogens (tertiary/aromatic N) is 5. The SMILES string of the molecule is COC(=O)[C@@H]1CN(C(=O)C(C)(C)N)CCN1C(=O)Nc1ccn(-c2ccc(CN3CCC(N)CC3)cc2)c(=O)n1.Cl. The number of carbonyl (C=O) groups excluding carboxylic acids is 3. The van der Waals surface area contributed by atoms with Crippen LogP contribution in [0.1, 0.15) is 32.3 Å². The monoisotopic (exact) mass is 590 g/mol. The highest BCUT2D eigenvalue weighted by Crippen LogP contribution is 2.18. The Morgan fingerprint density at radius 3 is 2.32 bits per heavy atom. The Morgan fingerprint density at radius 2 is 1.73 bits per heavy atom. The van der Waals surface area contributed by atoms with E-state index in [1.54, 1.807) is 13.8 Å². The molecule has 0 spiro atoms. The molecule has 1 atom stereocenters. The number of nitrogens with two attached hydrogens (primary N) is 2. The van der Waals surface area contributed by atoms with E-state index < -0.39 is 29.3 Å². The van der Waals surface area contributed by atoms with Crippen LogP contribution in [-0.2, 0) is 20.9 Å². The predicted molar refractivity (Wildman–Crippen MR) is 156 cm³/mol. The van der Waals surface area contributed by atoms with Crippen molar-refractivity contribution in [1.82, 2.24) is 24.3 Å². The van der Waals surface area contributed by atoms with Gasteiger partial charge in [0.2, 0.25) is 5.91 Å². The van der Waals surface area contributed by atoms with E-state index in [0.29, 0.717) is 5.69 Å². The highest BCUT2D eigenvalue weighted by molar-refractivity contribution is 5.93. The quantitative estimate of drug-likeness (QED) is 0.406. The van der Waals surface area contributed by atoms with Crippen LogP contribution in [0.3, 0.4) is 0 Å². The number of amides is 3. The maximum Gasteiger partial charge on any atom is 0.354 e. The fourth-order valence-corrected chi connectivity index (χ4v) is 4.94. The van der Waals surface area contributed by atoms with Crippen molar-refractivity contribution < 1.29 is 19.1 Å². The molecule has 0 bridgehead atoms. The van der Waals surface area contributed by atoms with Crippen molar-refractivity contribution >= 4 is 36.1 Å². The zero-order valence-electron chi connectivity index (χ0n) is 23.6. The van der Waals surface area contributed by atoms with Gasteiger partial charge in [0.25, 0.3) is 0 Å². The molecule has 2 aromatic rings. The summed E-state index contributed by atoms with van der Waals surface area (Å²) in [7, 11) is 1.21. The molecular formula is C27H39ClN8O5. The number of urea groups is 1. The molecule has 224 valence electrons. The fraction of sp³-hybridized carbons (Fsp3) is 0.519. The number of nitrogens with one attached hydrogen (secondary N) is 1. The molecule has 41 heavy (non-hydrogen) atoms. The third-order valence-corrected chi connectivity index (χ3v) is 7.24. The summed E-state index contributed by atoms with van der Waals surface area (Å²) in [6, 6.07) is 7.80. The molecule has 5 N–H and O–H groups in total. The third-order valence-electron chi connectivity index (χ3n) is 7.24. The molecule has 2 saturated heterocycles. The number of rotatable bonds is 6. The minimum atomic E-state index is -1.12. The number of hydrogen-bond donors (Lipinski definition) is 3. The van der Waals surface area contributed by atoms with Crippen molar-refractivity contribution in [3.05, 3.63) is 52.6 Å². The van der Waals surface area contributed by atoms with Crippen LogP contribution in [0.4, 0.5) is 10.6 Å². The first-order valence-corrected chi connectivity index (χ1v) is 13.4. The second-order valence-electron chi connectivity index (χ2n) is 10.9. The summed E-state index contributed by atoms with van der Waals surface area (Å²) in [5.41, 5.74) is 12.0. The number of ether oxygens (including phenoxy) is 1. The van der Waals surface area contributed by atoms with Crippen LogP contribution in [0.5, 0.6) is 0 Å².